The lowest BCUT2D eigenvalue weighted by atomic mass is 10.1. The minimum Gasteiger partial charge on any atom is -0.378 e. The number of hydrogen-bond acceptors (Lipinski definition) is 4. The van der Waals surface area contributed by atoms with Crippen molar-refractivity contribution in [2.45, 2.75) is 19.3 Å². The molecule has 2 heterocycles. The van der Waals surface area contributed by atoms with Gasteiger partial charge in [-0.3, -0.25) is 4.79 Å². The average molecular weight is 303 g/mol. The molecule has 0 aliphatic carbocycles. The molecular formula is C17H25N3O2. The summed E-state index contributed by atoms with van der Waals surface area (Å²) >= 11 is 0. The fraction of sp³-hybridized carbons (Fsp3) is 0.588. The average Bonchev–Trinajstić information content (AvgIpc) is 2.61. The number of amides is 1. The Morgan fingerprint density at radius 3 is 2.55 bits per heavy atom. The fourth-order valence-electron chi connectivity index (χ4n) is 3.13. The standard InChI is InChI=1S/C17H25N3O2/c21-17(20-8-4-1-5-9-20)14-18-15-6-2-3-7-16(15)19-10-12-22-13-11-19/h2-3,6-7,18H,1,4-5,8-14H2. The molecular weight excluding hydrogens is 278 g/mol. The highest BCUT2D eigenvalue weighted by Crippen LogP contribution is 2.26. The Morgan fingerprint density at radius 2 is 1.77 bits per heavy atom. The van der Waals surface area contributed by atoms with Crippen molar-refractivity contribution in [1.82, 2.24) is 4.90 Å². The molecule has 0 bridgehead atoms. The summed E-state index contributed by atoms with van der Waals surface area (Å²) in [5.41, 5.74) is 2.20. The molecule has 1 amide bonds. The third-order valence-electron chi connectivity index (χ3n) is 4.39. The molecule has 1 aromatic rings. The summed E-state index contributed by atoms with van der Waals surface area (Å²) in [4.78, 5) is 16.6. The van der Waals surface area contributed by atoms with Gasteiger partial charge in [0.15, 0.2) is 0 Å². The molecule has 0 aromatic heterocycles. The van der Waals surface area contributed by atoms with Crippen LogP contribution in [-0.2, 0) is 9.53 Å². The van der Waals surface area contributed by atoms with Crippen molar-refractivity contribution in [2.24, 2.45) is 0 Å². The maximum absolute atomic E-state index is 12.3. The molecule has 0 unspecified atom stereocenters. The second kappa shape index (κ2) is 7.49. The third kappa shape index (κ3) is 3.71. The number of nitrogens with zero attached hydrogens (tertiary/aromatic N) is 2. The Labute approximate surface area is 132 Å². The summed E-state index contributed by atoms with van der Waals surface area (Å²) in [6.07, 6.45) is 3.52. The van der Waals surface area contributed by atoms with Crippen molar-refractivity contribution < 1.29 is 9.53 Å². The van der Waals surface area contributed by atoms with Crippen LogP contribution in [0.25, 0.3) is 0 Å². The van der Waals surface area contributed by atoms with Crippen molar-refractivity contribution in [2.75, 3.05) is 56.2 Å². The number of anilines is 2. The molecule has 0 radical (unpaired) electrons. The monoisotopic (exact) mass is 303 g/mol. The molecule has 1 N–H and O–H groups in total. The van der Waals surface area contributed by atoms with E-state index in [0.717, 1.165) is 63.6 Å². The highest BCUT2D eigenvalue weighted by Gasteiger charge is 2.18. The summed E-state index contributed by atoms with van der Waals surface area (Å²) in [6, 6.07) is 8.22. The summed E-state index contributed by atoms with van der Waals surface area (Å²) < 4.78 is 5.42. The Bertz CT molecular complexity index is 494. The van der Waals surface area contributed by atoms with Gasteiger partial charge in [-0.05, 0) is 31.4 Å². The van der Waals surface area contributed by atoms with Gasteiger partial charge in [0.05, 0.1) is 31.1 Å². The molecule has 0 atom stereocenters. The van der Waals surface area contributed by atoms with Gasteiger partial charge in [0.25, 0.3) is 0 Å². The molecule has 1 aromatic carbocycles. The molecule has 3 rings (SSSR count). The molecule has 0 spiro atoms. The largest absolute Gasteiger partial charge is 0.378 e. The van der Waals surface area contributed by atoms with Crippen LogP contribution in [0.3, 0.4) is 0 Å². The van der Waals surface area contributed by atoms with E-state index >= 15 is 0 Å². The number of likely N-dealkylation sites (tertiary alicyclic amines) is 1. The van der Waals surface area contributed by atoms with Crippen LogP contribution in [-0.4, -0.2) is 56.7 Å². The van der Waals surface area contributed by atoms with Crippen LogP contribution in [0, 0.1) is 0 Å². The molecule has 2 fully saturated rings. The smallest absolute Gasteiger partial charge is 0.241 e. The van der Waals surface area contributed by atoms with Gasteiger partial charge >= 0.3 is 0 Å². The van der Waals surface area contributed by atoms with Gasteiger partial charge in [0.2, 0.25) is 5.91 Å². The van der Waals surface area contributed by atoms with Gasteiger partial charge in [-0.1, -0.05) is 12.1 Å². The molecule has 5 heteroatoms. The maximum Gasteiger partial charge on any atom is 0.241 e. The van der Waals surface area contributed by atoms with Crippen LogP contribution in [0.5, 0.6) is 0 Å². The first-order valence-electron chi connectivity index (χ1n) is 8.28. The highest BCUT2D eigenvalue weighted by atomic mass is 16.5. The lowest BCUT2D eigenvalue weighted by Gasteiger charge is -2.31. The van der Waals surface area contributed by atoms with Crippen LogP contribution in [0.4, 0.5) is 11.4 Å². The number of nitrogens with one attached hydrogen (secondary N) is 1. The Morgan fingerprint density at radius 1 is 1.05 bits per heavy atom. The molecule has 22 heavy (non-hydrogen) atoms. The number of rotatable bonds is 4. The van der Waals surface area contributed by atoms with E-state index in [1.54, 1.807) is 0 Å². The van der Waals surface area contributed by atoms with Crippen molar-refractivity contribution in [1.29, 1.82) is 0 Å². The second-order valence-corrected chi connectivity index (χ2v) is 5.91. The number of para-hydroxylation sites is 2. The molecule has 2 saturated heterocycles. The zero-order valence-electron chi connectivity index (χ0n) is 13.1. The maximum atomic E-state index is 12.3. The van der Waals surface area contributed by atoms with E-state index in [1.165, 1.54) is 6.42 Å². The summed E-state index contributed by atoms with van der Waals surface area (Å²) in [5.74, 6) is 0.205. The lowest BCUT2D eigenvalue weighted by Crippen LogP contribution is -2.39. The van der Waals surface area contributed by atoms with Crippen LogP contribution in [0.1, 0.15) is 19.3 Å². The van der Waals surface area contributed by atoms with Crippen LogP contribution in [0.15, 0.2) is 24.3 Å². The first kappa shape index (κ1) is 15.2. The number of ether oxygens (including phenoxy) is 1. The molecule has 2 aliphatic heterocycles. The number of piperidine rings is 1. The summed E-state index contributed by atoms with van der Waals surface area (Å²) in [6.45, 7) is 5.53. The van der Waals surface area contributed by atoms with Crippen molar-refractivity contribution in [3.63, 3.8) is 0 Å². The van der Waals surface area contributed by atoms with E-state index in [-0.39, 0.29) is 5.91 Å². The van der Waals surface area contributed by atoms with Crippen LogP contribution in [0.2, 0.25) is 0 Å². The minimum atomic E-state index is 0.205. The number of carbonyl (C=O) groups excluding carboxylic acids is 1. The molecule has 0 saturated carbocycles. The highest BCUT2D eigenvalue weighted by molar-refractivity contribution is 5.83. The van der Waals surface area contributed by atoms with Crippen molar-refractivity contribution in [3.8, 4) is 0 Å². The predicted molar refractivity (Wildman–Crippen MR) is 88.4 cm³/mol. The van der Waals surface area contributed by atoms with E-state index in [1.807, 2.05) is 23.1 Å². The van der Waals surface area contributed by atoms with E-state index < -0.39 is 0 Å². The lowest BCUT2D eigenvalue weighted by molar-refractivity contribution is -0.130. The third-order valence-corrected chi connectivity index (χ3v) is 4.39. The van der Waals surface area contributed by atoms with Gasteiger partial charge in [-0.15, -0.1) is 0 Å². The number of benzene rings is 1. The molecule has 120 valence electrons. The Balaban J connectivity index is 1.60. The van der Waals surface area contributed by atoms with Crippen molar-refractivity contribution >= 4 is 17.3 Å². The molecule has 5 nitrogen and oxygen atoms in total. The van der Waals surface area contributed by atoms with E-state index in [2.05, 4.69) is 16.3 Å². The minimum absolute atomic E-state index is 0.205. The van der Waals surface area contributed by atoms with E-state index in [0.29, 0.717) is 6.54 Å². The Kier molecular flexibility index (Phi) is 5.16. The number of hydrogen-bond donors (Lipinski definition) is 1. The van der Waals surface area contributed by atoms with Crippen LogP contribution < -0.4 is 10.2 Å². The quantitative estimate of drug-likeness (QED) is 0.923. The Hall–Kier alpha value is -1.75. The summed E-state index contributed by atoms with van der Waals surface area (Å²) in [7, 11) is 0. The van der Waals surface area contributed by atoms with Crippen LogP contribution >= 0.6 is 0 Å². The zero-order valence-corrected chi connectivity index (χ0v) is 13.1. The van der Waals surface area contributed by atoms with Crippen molar-refractivity contribution in [3.05, 3.63) is 24.3 Å². The first-order valence-corrected chi connectivity index (χ1v) is 8.28. The van der Waals surface area contributed by atoms with Gasteiger partial charge in [0.1, 0.15) is 0 Å². The van der Waals surface area contributed by atoms with E-state index in [4.69, 9.17) is 4.74 Å². The zero-order chi connectivity index (χ0) is 15.2. The van der Waals surface area contributed by atoms with Gasteiger partial charge in [0, 0.05) is 26.2 Å². The van der Waals surface area contributed by atoms with Gasteiger partial charge in [-0.25, -0.2) is 0 Å². The predicted octanol–water partition coefficient (Wildman–Crippen LogP) is 1.95. The van der Waals surface area contributed by atoms with Gasteiger partial charge < -0.3 is 19.9 Å². The first-order chi connectivity index (χ1) is 10.8. The summed E-state index contributed by atoms with van der Waals surface area (Å²) in [5, 5.41) is 3.33. The second-order valence-electron chi connectivity index (χ2n) is 5.91. The normalized spacial score (nSPS) is 19.1. The van der Waals surface area contributed by atoms with Gasteiger partial charge in [-0.2, -0.15) is 0 Å². The number of carbonyl (C=O) groups is 1. The van der Waals surface area contributed by atoms with E-state index in [9.17, 15) is 4.79 Å². The SMILES string of the molecule is O=C(CNc1ccccc1N1CCOCC1)N1CCCCC1. The topological polar surface area (TPSA) is 44.8 Å². The molecule has 2 aliphatic rings. The fourth-order valence-corrected chi connectivity index (χ4v) is 3.13. The number of morpholine rings is 1.